The normalized spacial score (nSPS) is 11.6. The van der Waals surface area contributed by atoms with E-state index in [2.05, 4.69) is 41.5 Å². The van der Waals surface area contributed by atoms with E-state index < -0.39 is 0 Å². The van der Waals surface area contributed by atoms with Crippen LogP contribution in [0.3, 0.4) is 0 Å². The number of ketones is 1. The molecule has 0 spiro atoms. The van der Waals surface area contributed by atoms with Gasteiger partial charge in [-0.25, -0.2) is 0 Å². The number of hydrogen-bond donors (Lipinski definition) is 0. The van der Waals surface area contributed by atoms with Crippen molar-refractivity contribution >= 4 is 11.9 Å². The summed E-state index contributed by atoms with van der Waals surface area (Å²) >= 11 is 0. The summed E-state index contributed by atoms with van der Waals surface area (Å²) in [6.07, 6.45) is 6.30. The van der Waals surface area contributed by atoms with E-state index in [1.165, 1.54) is 0 Å². The summed E-state index contributed by atoms with van der Waals surface area (Å²) in [7, 11) is 0. The molecule has 32 heavy (non-hydrogen) atoms. The van der Waals surface area contributed by atoms with E-state index in [1.54, 1.807) is 18.2 Å². The Hall–Kier alpha value is -2.75. The zero-order valence-corrected chi connectivity index (χ0v) is 20.5. The minimum Gasteiger partial charge on any atom is -0.494 e. The lowest BCUT2D eigenvalue weighted by Crippen LogP contribution is -2.16. The Labute approximate surface area is 193 Å². The van der Waals surface area contributed by atoms with Crippen molar-refractivity contribution in [2.24, 2.45) is 0 Å². The molecule has 0 bridgehead atoms. The summed E-state index contributed by atoms with van der Waals surface area (Å²) in [5, 5.41) is 0. The molecule has 2 aromatic carbocycles. The molecule has 4 heteroatoms. The van der Waals surface area contributed by atoms with E-state index in [1.807, 2.05) is 30.3 Å². The first-order valence-corrected chi connectivity index (χ1v) is 11.7. The molecule has 174 valence electrons. The van der Waals surface area contributed by atoms with E-state index in [0.717, 1.165) is 47.6 Å². The third-order valence-electron chi connectivity index (χ3n) is 4.82. The smallest absolute Gasteiger partial charge is 0.185 e. The molecule has 0 saturated carbocycles. The van der Waals surface area contributed by atoms with Crippen LogP contribution in [0.5, 0.6) is 17.2 Å². The fourth-order valence-corrected chi connectivity index (χ4v) is 3.37. The zero-order chi connectivity index (χ0) is 23.6. The largest absolute Gasteiger partial charge is 0.494 e. The van der Waals surface area contributed by atoms with Crippen molar-refractivity contribution in [1.29, 1.82) is 0 Å². The van der Waals surface area contributed by atoms with E-state index in [9.17, 15) is 4.79 Å². The highest BCUT2D eigenvalue weighted by molar-refractivity contribution is 6.07. The highest BCUT2D eigenvalue weighted by Gasteiger charge is 2.24. The van der Waals surface area contributed by atoms with Gasteiger partial charge in [0.2, 0.25) is 0 Å². The summed E-state index contributed by atoms with van der Waals surface area (Å²) in [5.74, 6) is 2.30. The molecule has 0 saturated heterocycles. The van der Waals surface area contributed by atoms with E-state index in [-0.39, 0.29) is 11.2 Å². The van der Waals surface area contributed by atoms with Crippen molar-refractivity contribution in [2.45, 2.75) is 66.2 Å². The Balaban J connectivity index is 2.38. The third kappa shape index (κ3) is 7.44. The summed E-state index contributed by atoms with van der Waals surface area (Å²) < 4.78 is 17.6. The summed E-state index contributed by atoms with van der Waals surface area (Å²) in [6.45, 7) is 14.6. The number of ether oxygens (including phenoxy) is 3. The van der Waals surface area contributed by atoms with Crippen LogP contribution < -0.4 is 14.2 Å². The molecule has 0 aliphatic carbocycles. The molecule has 0 aromatic heterocycles. The molecule has 0 heterocycles. The van der Waals surface area contributed by atoms with Crippen LogP contribution >= 0.6 is 0 Å². The van der Waals surface area contributed by atoms with Crippen LogP contribution in [0.1, 0.15) is 82.3 Å². The van der Waals surface area contributed by atoms with E-state index >= 15 is 0 Å². The van der Waals surface area contributed by atoms with Crippen molar-refractivity contribution in [3.05, 3.63) is 59.2 Å². The van der Waals surface area contributed by atoms with Gasteiger partial charge in [-0.2, -0.15) is 0 Å². The number of carbonyl (C=O) groups is 1. The molecule has 0 fully saturated rings. The molecule has 0 unspecified atom stereocenters. The van der Waals surface area contributed by atoms with Gasteiger partial charge < -0.3 is 14.2 Å². The molecule has 0 atom stereocenters. The van der Waals surface area contributed by atoms with Crippen LogP contribution in [0.25, 0.3) is 6.08 Å². The molecule has 0 amide bonds. The van der Waals surface area contributed by atoms with Gasteiger partial charge in [0.15, 0.2) is 5.78 Å². The van der Waals surface area contributed by atoms with Crippen molar-refractivity contribution < 1.29 is 19.0 Å². The highest BCUT2D eigenvalue weighted by Crippen LogP contribution is 2.38. The average Bonchev–Trinajstić information content (AvgIpc) is 2.77. The van der Waals surface area contributed by atoms with Gasteiger partial charge in [0, 0.05) is 17.2 Å². The average molecular weight is 439 g/mol. The van der Waals surface area contributed by atoms with Crippen molar-refractivity contribution in [2.75, 3.05) is 19.8 Å². The lowest BCUT2D eigenvalue weighted by molar-refractivity contribution is 0.104. The molecule has 0 aliphatic rings. The molecule has 0 aliphatic heterocycles. The van der Waals surface area contributed by atoms with Crippen LogP contribution in [0.4, 0.5) is 0 Å². The molecule has 2 rings (SSSR count). The SMILES string of the molecule is CCCOc1ccc(C(=O)C=Cc2cc(OCCC)cc(OCCC)c2C(C)(C)C)cc1. The molecular weight excluding hydrogens is 400 g/mol. The topological polar surface area (TPSA) is 44.8 Å². The Bertz CT molecular complexity index is 889. The predicted molar refractivity (Wildman–Crippen MR) is 132 cm³/mol. The van der Waals surface area contributed by atoms with E-state index in [0.29, 0.717) is 25.4 Å². The lowest BCUT2D eigenvalue weighted by Gasteiger charge is -2.26. The Morgan fingerprint density at radius 2 is 1.38 bits per heavy atom. The predicted octanol–water partition coefficient (Wildman–Crippen LogP) is 7.25. The fraction of sp³-hybridized carbons (Fsp3) is 0.464. The van der Waals surface area contributed by atoms with Crippen molar-refractivity contribution in [3.8, 4) is 17.2 Å². The van der Waals surface area contributed by atoms with Gasteiger partial charge in [-0.3, -0.25) is 4.79 Å². The summed E-state index contributed by atoms with van der Waals surface area (Å²) in [5.41, 5.74) is 2.48. The maximum atomic E-state index is 12.8. The first-order valence-electron chi connectivity index (χ1n) is 11.7. The molecular formula is C28H38O4. The van der Waals surface area contributed by atoms with Crippen LogP contribution in [0.2, 0.25) is 0 Å². The molecule has 0 N–H and O–H groups in total. The van der Waals surface area contributed by atoms with Crippen LogP contribution in [-0.4, -0.2) is 25.6 Å². The van der Waals surface area contributed by atoms with Crippen LogP contribution in [0.15, 0.2) is 42.5 Å². The third-order valence-corrected chi connectivity index (χ3v) is 4.82. The highest BCUT2D eigenvalue weighted by atomic mass is 16.5. The Morgan fingerprint density at radius 1 is 0.812 bits per heavy atom. The Morgan fingerprint density at radius 3 is 1.94 bits per heavy atom. The minimum absolute atomic E-state index is 0.0530. The monoisotopic (exact) mass is 438 g/mol. The number of benzene rings is 2. The second-order valence-corrected chi connectivity index (χ2v) is 8.90. The van der Waals surface area contributed by atoms with Crippen LogP contribution in [0, 0.1) is 0 Å². The second kappa shape index (κ2) is 12.3. The van der Waals surface area contributed by atoms with Gasteiger partial charge in [0.25, 0.3) is 0 Å². The lowest BCUT2D eigenvalue weighted by atomic mass is 9.82. The van der Waals surface area contributed by atoms with Gasteiger partial charge in [0.05, 0.1) is 19.8 Å². The standard InChI is InChI=1S/C28H38O4/c1-7-16-30-23-13-10-21(11-14-23)25(29)15-12-22-19-24(31-17-8-2)20-26(32-18-9-3)27(22)28(4,5)6/h10-15,19-20H,7-9,16-18H2,1-6H3. The number of rotatable bonds is 12. The minimum atomic E-state index is -0.159. The maximum absolute atomic E-state index is 12.8. The number of carbonyl (C=O) groups excluding carboxylic acids is 1. The summed E-state index contributed by atoms with van der Waals surface area (Å²) in [4.78, 5) is 12.8. The quantitative estimate of drug-likeness (QED) is 0.259. The van der Waals surface area contributed by atoms with Crippen molar-refractivity contribution in [1.82, 2.24) is 0 Å². The molecule has 2 aromatic rings. The van der Waals surface area contributed by atoms with Crippen LogP contribution in [-0.2, 0) is 5.41 Å². The second-order valence-electron chi connectivity index (χ2n) is 8.90. The number of allylic oxidation sites excluding steroid dienone is 1. The van der Waals surface area contributed by atoms with E-state index in [4.69, 9.17) is 14.2 Å². The van der Waals surface area contributed by atoms with Gasteiger partial charge in [0.1, 0.15) is 17.2 Å². The maximum Gasteiger partial charge on any atom is 0.185 e. The van der Waals surface area contributed by atoms with Gasteiger partial charge in [-0.1, -0.05) is 47.6 Å². The van der Waals surface area contributed by atoms with Gasteiger partial charge in [-0.05, 0) is 66.6 Å². The zero-order valence-electron chi connectivity index (χ0n) is 20.5. The molecule has 4 nitrogen and oxygen atoms in total. The molecule has 0 radical (unpaired) electrons. The number of hydrogen-bond acceptors (Lipinski definition) is 4. The fourth-order valence-electron chi connectivity index (χ4n) is 3.37. The first-order chi connectivity index (χ1) is 15.3. The van der Waals surface area contributed by atoms with Gasteiger partial charge >= 0.3 is 0 Å². The van der Waals surface area contributed by atoms with Crippen molar-refractivity contribution in [3.63, 3.8) is 0 Å². The van der Waals surface area contributed by atoms with Gasteiger partial charge in [-0.15, -0.1) is 0 Å². The Kier molecular flexibility index (Phi) is 9.83. The summed E-state index contributed by atoms with van der Waals surface area (Å²) in [6, 6.07) is 11.3. The first kappa shape index (κ1) is 25.5.